The molecule has 0 spiro atoms. The van der Waals surface area contributed by atoms with E-state index in [0.717, 1.165) is 0 Å². The van der Waals surface area contributed by atoms with Crippen molar-refractivity contribution >= 4 is 11.9 Å². The van der Waals surface area contributed by atoms with Gasteiger partial charge in [0.25, 0.3) is 0 Å². The van der Waals surface area contributed by atoms with Crippen molar-refractivity contribution in [1.82, 2.24) is 5.06 Å². The van der Waals surface area contributed by atoms with E-state index in [0.29, 0.717) is 24.4 Å². The zero-order valence-electron chi connectivity index (χ0n) is 14.9. The maximum absolute atomic E-state index is 11.4. The van der Waals surface area contributed by atoms with Crippen molar-refractivity contribution in [2.24, 2.45) is 0 Å². The van der Waals surface area contributed by atoms with Gasteiger partial charge in [0.15, 0.2) is 0 Å². The van der Waals surface area contributed by atoms with E-state index in [9.17, 15) is 14.7 Å². The molecular weight excluding hydrogens is 326 g/mol. The van der Waals surface area contributed by atoms with E-state index in [-0.39, 0.29) is 23.8 Å². The van der Waals surface area contributed by atoms with Crippen molar-refractivity contribution in [2.45, 2.75) is 45.3 Å². The van der Waals surface area contributed by atoms with Crippen LogP contribution in [0.15, 0.2) is 23.9 Å². The lowest BCUT2D eigenvalue weighted by Gasteiger charge is -2.37. The molecule has 0 amide bonds. The van der Waals surface area contributed by atoms with Crippen LogP contribution in [-0.2, 0) is 9.63 Å². The van der Waals surface area contributed by atoms with Gasteiger partial charge in [-0.3, -0.25) is 4.84 Å². The summed E-state index contributed by atoms with van der Waals surface area (Å²) in [5.41, 5.74) is -0.0317. The molecule has 0 aliphatic carbocycles. The van der Waals surface area contributed by atoms with Gasteiger partial charge in [-0.15, -0.1) is 0 Å². The van der Waals surface area contributed by atoms with E-state index < -0.39 is 11.6 Å². The zero-order valence-corrected chi connectivity index (χ0v) is 14.9. The van der Waals surface area contributed by atoms with Gasteiger partial charge in [0.1, 0.15) is 34.8 Å². The molecule has 1 saturated heterocycles. The van der Waals surface area contributed by atoms with Crippen molar-refractivity contribution < 1.29 is 29.0 Å². The van der Waals surface area contributed by atoms with Gasteiger partial charge in [-0.1, -0.05) is 0 Å². The van der Waals surface area contributed by atoms with Gasteiger partial charge in [-0.05, 0) is 32.9 Å². The van der Waals surface area contributed by atoms with Crippen LogP contribution < -0.4 is 9.47 Å². The predicted octanol–water partition coefficient (Wildman–Crippen LogP) is 2.68. The Kier molecular flexibility index (Phi) is 5.72. The topological polar surface area (TPSA) is 85.3 Å². The Morgan fingerprint density at radius 3 is 2.64 bits per heavy atom. The Morgan fingerprint density at radius 1 is 1.36 bits per heavy atom. The monoisotopic (exact) mass is 349 g/mol. The van der Waals surface area contributed by atoms with Crippen LogP contribution in [0.2, 0.25) is 0 Å². The Bertz CT molecular complexity index is 687. The second kappa shape index (κ2) is 7.59. The number of nitrogens with zero attached hydrogens (tertiary/aromatic N) is 1. The molecule has 25 heavy (non-hydrogen) atoms. The van der Waals surface area contributed by atoms with Crippen LogP contribution >= 0.6 is 0 Å². The third-order valence-corrected chi connectivity index (χ3v) is 3.59. The summed E-state index contributed by atoms with van der Waals surface area (Å²) in [6.07, 6.45) is 0.523. The number of carbonyl (C=O) groups excluding carboxylic acids is 1. The molecule has 0 bridgehead atoms. The lowest BCUT2D eigenvalue weighted by molar-refractivity contribution is -0.217. The van der Waals surface area contributed by atoms with Crippen molar-refractivity contribution in [2.75, 3.05) is 13.7 Å². The molecule has 7 heteroatoms. The Hall–Kier alpha value is -2.50. The minimum atomic E-state index is -1.09. The zero-order chi connectivity index (χ0) is 18.6. The highest BCUT2D eigenvalue weighted by molar-refractivity contribution is 5.91. The Balaban J connectivity index is 2.15. The molecule has 136 valence electrons. The first kappa shape index (κ1) is 18.8. The van der Waals surface area contributed by atoms with Gasteiger partial charge in [-0.2, -0.15) is 0 Å². The molecule has 0 saturated carbocycles. The molecule has 0 aromatic heterocycles. The van der Waals surface area contributed by atoms with Crippen LogP contribution in [0.3, 0.4) is 0 Å². The number of carbonyl (C=O) groups is 1. The molecule has 1 unspecified atom stereocenters. The minimum absolute atomic E-state index is 0.0470. The molecule has 1 aliphatic rings. The summed E-state index contributed by atoms with van der Waals surface area (Å²) in [6, 6.07) is 4.53. The summed E-state index contributed by atoms with van der Waals surface area (Å²) in [5, 5.41) is 10.8. The molecule has 1 fully saturated rings. The first-order valence-corrected chi connectivity index (χ1v) is 8.02. The van der Waals surface area contributed by atoms with Gasteiger partial charge in [0.05, 0.1) is 12.7 Å². The number of piperidine rings is 1. The maximum Gasteiger partial charge on any atom is 0.339 e. The number of aromatic carboxylic acids is 1. The SMILES string of the molecule is COc1ccc(C(=O)O)c(OC2CCN(OC(C)(C)C)C(=C=O)C2)c1. The quantitative estimate of drug-likeness (QED) is 0.818. The van der Waals surface area contributed by atoms with Crippen molar-refractivity contribution in [3.8, 4) is 11.5 Å². The van der Waals surface area contributed by atoms with Crippen molar-refractivity contribution in [3.05, 3.63) is 29.5 Å². The standard InChI is InChI=1S/C18H23NO6/c1-18(2,3)25-19-8-7-14(9-12(19)11-20)24-16-10-13(23-4)5-6-15(16)17(21)22/h5-6,10,14H,7-9H2,1-4H3,(H,21,22). The van der Waals surface area contributed by atoms with E-state index in [1.165, 1.54) is 24.3 Å². The highest BCUT2D eigenvalue weighted by Gasteiger charge is 2.30. The first-order valence-electron chi connectivity index (χ1n) is 8.02. The Labute approximate surface area is 146 Å². The molecule has 1 heterocycles. The van der Waals surface area contributed by atoms with Crippen LogP contribution in [0.4, 0.5) is 0 Å². The molecule has 0 radical (unpaired) electrons. The van der Waals surface area contributed by atoms with Crippen LogP contribution in [-0.4, -0.2) is 47.4 Å². The van der Waals surface area contributed by atoms with E-state index in [1.807, 2.05) is 26.7 Å². The summed E-state index contributed by atoms with van der Waals surface area (Å²) >= 11 is 0. The fourth-order valence-corrected chi connectivity index (χ4v) is 2.52. The first-order chi connectivity index (χ1) is 11.7. The molecular formula is C18H23NO6. The van der Waals surface area contributed by atoms with E-state index in [4.69, 9.17) is 14.3 Å². The Morgan fingerprint density at radius 2 is 2.08 bits per heavy atom. The fourth-order valence-electron chi connectivity index (χ4n) is 2.52. The third kappa shape index (κ3) is 4.98. The minimum Gasteiger partial charge on any atom is -0.497 e. The van der Waals surface area contributed by atoms with Crippen LogP contribution in [0.25, 0.3) is 0 Å². The molecule has 1 aliphatic heterocycles. The fraction of sp³-hybridized carbons (Fsp3) is 0.500. The van der Waals surface area contributed by atoms with Gasteiger partial charge in [-0.25, -0.2) is 14.7 Å². The maximum atomic E-state index is 11.4. The van der Waals surface area contributed by atoms with E-state index >= 15 is 0 Å². The van der Waals surface area contributed by atoms with Gasteiger partial charge < -0.3 is 14.6 Å². The molecule has 1 aromatic carbocycles. The third-order valence-electron chi connectivity index (χ3n) is 3.59. The molecule has 2 rings (SSSR count). The van der Waals surface area contributed by atoms with Crippen LogP contribution in [0, 0.1) is 0 Å². The molecule has 1 N–H and O–H groups in total. The summed E-state index contributed by atoms with van der Waals surface area (Å²) in [7, 11) is 1.50. The number of carboxylic acid groups (broad SMARTS) is 1. The number of rotatable bonds is 5. The summed E-state index contributed by atoms with van der Waals surface area (Å²) < 4.78 is 11.0. The van der Waals surface area contributed by atoms with E-state index in [1.54, 1.807) is 6.07 Å². The smallest absolute Gasteiger partial charge is 0.339 e. The number of hydrogen-bond acceptors (Lipinski definition) is 6. The van der Waals surface area contributed by atoms with Crippen molar-refractivity contribution in [1.29, 1.82) is 0 Å². The van der Waals surface area contributed by atoms with Crippen molar-refractivity contribution in [3.63, 3.8) is 0 Å². The van der Waals surface area contributed by atoms with Crippen LogP contribution in [0.5, 0.6) is 11.5 Å². The van der Waals surface area contributed by atoms with Gasteiger partial charge in [0.2, 0.25) is 0 Å². The number of benzene rings is 1. The average molecular weight is 349 g/mol. The number of ether oxygens (including phenoxy) is 2. The summed E-state index contributed by atoms with van der Waals surface area (Å²) in [5.74, 6) is 1.53. The van der Waals surface area contributed by atoms with Gasteiger partial charge in [0, 0.05) is 25.5 Å². The highest BCUT2D eigenvalue weighted by Crippen LogP contribution is 2.30. The highest BCUT2D eigenvalue weighted by atomic mass is 16.7. The lowest BCUT2D eigenvalue weighted by Crippen LogP contribution is -2.41. The van der Waals surface area contributed by atoms with Crippen LogP contribution in [0.1, 0.15) is 44.0 Å². The summed E-state index contributed by atoms with van der Waals surface area (Å²) in [4.78, 5) is 28.4. The second-order valence-corrected chi connectivity index (χ2v) is 6.75. The second-order valence-electron chi connectivity index (χ2n) is 6.75. The van der Waals surface area contributed by atoms with Gasteiger partial charge >= 0.3 is 5.97 Å². The summed E-state index contributed by atoms with van der Waals surface area (Å²) in [6.45, 7) is 6.15. The molecule has 7 nitrogen and oxygen atoms in total. The number of methoxy groups -OCH3 is 1. The average Bonchev–Trinajstić information content (AvgIpc) is 2.54. The number of hydroxylamine groups is 2. The molecule has 1 atom stereocenters. The van der Waals surface area contributed by atoms with E-state index in [2.05, 4.69) is 0 Å². The molecule has 1 aromatic rings. The lowest BCUT2D eigenvalue weighted by atomic mass is 10.1. The normalized spacial score (nSPS) is 17.8. The predicted molar refractivity (Wildman–Crippen MR) is 90.4 cm³/mol. The number of hydrogen-bond donors (Lipinski definition) is 1. The largest absolute Gasteiger partial charge is 0.497 e. The number of carboxylic acids is 1.